The fraction of sp³-hybridized carbons (Fsp3) is 0.462. The molecule has 98 valence electrons. The van der Waals surface area contributed by atoms with Crippen LogP contribution < -0.4 is 11.1 Å². The first-order chi connectivity index (χ1) is 8.47. The molecule has 5 heteroatoms. The van der Waals surface area contributed by atoms with E-state index in [4.69, 9.17) is 5.73 Å². The summed E-state index contributed by atoms with van der Waals surface area (Å²) >= 11 is 3.37. The predicted octanol–water partition coefficient (Wildman–Crippen LogP) is 1.77. The number of carbonyl (C=O) groups excluding carboxylic acids is 1. The molecular weight excluding hydrogens is 294 g/mol. The minimum absolute atomic E-state index is 0.0409. The summed E-state index contributed by atoms with van der Waals surface area (Å²) in [6.07, 6.45) is 1.00. The van der Waals surface area contributed by atoms with Crippen molar-refractivity contribution < 1.29 is 4.79 Å². The van der Waals surface area contributed by atoms with Crippen molar-refractivity contribution in [3.63, 3.8) is 0 Å². The Morgan fingerprint density at radius 3 is 2.89 bits per heavy atom. The van der Waals surface area contributed by atoms with E-state index >= 15 is 0 Å². The molecule has 1 unspecified atom stereocenters. The van der Waals surface area contributed by atoms with Gasteiger partial charge < -0.3 is 16.0 Å². The average molecular weight is 312 g/mol. The van der Waals surface area contributed by atoms with Gasteiger partial charge in [0, 0.05) is 28.3 Å². The van der Waals surface area contributed by atoms with Gasteiger partial charge in [-0.15, -0.1) is 0 Å². The number of nitrogens with zero attached hydrogens (tertiary/aromatic N) is 1. The van der Waals surface area contributed by atoms with Gasteiger partial charge in [0.1, 0.15) is 0 Å². The number of nitrogens with two attached hydrogens (primary N) is 1. The van der Waals surface area contributed by atoms with Gasteiger partial charge in [-0.05, 0) is 44.6 Å². The standard InChI is InChI=1S/C13H18BrN3O/c1-8-11(5-9(14)6-12(8)15)13(18)16-10-3-4-17(2)7-10/h5-6,10H,3-4,7,15H2,1-2H3,(H,16,18). The molecule has 4 nitrogen and oxygen atoms in total. The van der Waals surface area contributed by atoms with Crippen molar-refractivity contribution in [1.82, 2.24) is 10.2 Å². The van der Waals surface area contributed by atoms with Gasteiger partial charge in [-0.3, -0.25) is 4.79 Å². The topological polar surface area (TPSA) is 58.4 Å². The van der Waals surface area contributed by atoms with Crippen molar-refractivity contribution in [2.24, 2.45) is 0 Å². The molecule has 1 aromatic carbocycles. The van der Waals surface area contributed by atoms with Crippen LogP contribution in [0.5, 0.6) is 0 Å². The highest BCUT2D eigenvalue weighted by atomic mass is 79.9. The summed E-state index contributed by atoms with van der Waals surface area (Å²) in [5, 5.41) is 3.06. The SMILES string of the molecule is Cc1c(N)cc(Br)cc1C(=O)NC1CCN(C)C1. The molecule has 1 aliphatic heterocycles. The summed E-state index contributed by atoms with van der Waals surface area (Å²) in [5.41, 5.74) is 7.99. The highest BCUT2D eigenvalue weighted by molar-refractivity contribution is 9.10. The maximum atomic E-state index is 12.2. The molecule has 1 fully saturated rings. The largest absolute Gasteiger partial charge is 0.398 e. The lowest BCUT2D eigenvalue weighted by atomic mass is 10.1. The first-order valence-corrected chi connectivity index (χ1v) is 6.81. The molecule has 0 saturated carbocycles. The predicted molar refractivity (Wildman–Crippen MR) is 76.7 cm³/mol. The zero-order valence-corrected chi connectivity index (χ0v) is 12.3. The van der Waals surface area contributed by atoms with Crippen molar-refractivity contribution in [1.29, 1.82) is 0 Å². The van der Waals surface area contributed by atoms with Crippen LogP contribution in [0.15, 0.2) is 16.6 Å². The number of rotatable bonds is 2. The number of carbonyl (C=O) groups is 1. The van der Waals surface area contributed by atoms with Gasteiger partial charge in [0.25, 0.3) is 5.91 Å². The van der Waals surface area contributed by atoms with E-state index < -0.39 is 0 Å². The van der Waals surface area contributed by atoms with Crippen molar-refractivity contribution in [2.75, 3.05) is 25.9 Å². The van der Waals surface area contributed by atoms with E-state index in [0.717, 1.165) is 29.5 Å². The number of halogens is 1. The normalized spacial score (nSPS) is 20.1. The number of anilines is 1. The van der Waals surface area contributed by atoms with Gasteiger partial charge in [-0.1, -0.05) is 15.9 Å². The summed E-state index contributed by atoms with van der Waals surface area (Å²) in [6.45, 7) is 3.82. The summed E-state index contributed by atoms with van der Waals surface area (Å²) in [4.78, 5) is 14.4. The first kappa shape index (κ1) is 13.4. The molecule has 2 rings (SSSR count). The number of hydrogen-bond acceptors (Lipinski definition) is 3. The molecule has 1 heterocycles. The second-order valence-corrected chi connectivity index (χ2v) is 5.80. The van der Waals surface area contributed by atoms with E-state index in [1.54, 1.807) is 0 Å². The van der Waals surface area contributed by atoms with Gasteiger partial charge in [0.15, 0.2) is 0 Å². The van der Waals surface area contributed by atoms with Crippen LogP contribution in [-0.4, -0.2) is 37.0 Å². The third kappa shape index (κ3) is 2.84. The van der Waals surface area contributed by atoms with Crippen molar-refractivity contribution in [3.05, 3.63) is 27.7 Å². The van der Waals surface area contributed by atoms with Crippen molar-refractivity contribution in [2.45, 2.75) is 19.4 Å². The molecule has 1 aromatic rings. The van der Waals surface area contributed by atoms with Gasteiger partial charge in [0.05, 0.1) is 0 Å². The van der Waals surface area contributed by atoms with E-state index in [0.29, 0.717) is 11.3 Å². The van der Waals surface area contributed by atoms with Crippen molar-refractivity contribution >= 4 is 27.5 Å². The van der Waals surface area contributed by atoms with Crippen LogP contribution in [0.1, 0.15) is 22.3 Å². The van der Waals surface area contributed by atoms with E-state index in [9.17, 15) is 4.79 Å². The van der Waals surface area contributed by atoms with Gasteiger partial charge in [0.2, 0.25) is 0 Å². The molecule has 0 radical (unpaired) electrons. The molecule has 0 spiro atoms. The Balaban J connectivity index is 2.14. The Hall–Kier alpha value is -1.07. The maximum Gasteiger partial charge on any atom is 0.251 e. The number of nitrogen functional groups attached to an aromatic ring is 1. The number of likely N-dealkylation sites (tertiary alicyclic amines) is 1. The zero-order valence-electron chi connectivity index (χ0n) is 10.7. The average Bonchev–Trinajstić information content (AvgIpc) is 2.69. The third-order valence-corrected chi connectivity index (χ3v) is 3.84. The van der Waals surface area contributed by atoms with Gasteiger partial charge >= 0.3 is 0 Å². The molecular formula is C13H18BrN3O. The quantitative estimate of drug-likeness (QED) is 0.818. The highest BCUT2D eigenvalue weighted by Gasteiger charge is 2.22. The molecule has 0 aliphatic carbocycles. The Morgan fingerprint density at radius 2 is 2.28 bits per heavy atom. The number of hydrogen-bond donors (Lipinski definition) is 2. The molecule has 0 bridgehead atoms. The molecule has 0 aromatic heterocycles. The van der Waals surface area contributed by atoms with Crippen LogP contribution in [0.4, 0.5) is 5.69 Å². The van der Waals surface area contributed by atoms with Crippen LogP contribution >= 0.6 is 15.9 Å². The smallest absolute Gasteiger partial charge is 0.251 e. The zero-order chi connectivity index (χ0) is 13.3. The number of benzene rings is 1. The summed E-state index contributed by atoms with van der Waals surface area (Å²) < 4.78 is 0.833. The number of amides is 1. The minimum Gasteiger partial charge on any atom is -0.398 e. The van der Waals surface area contributed by atoms with Crippen LogP contribution in [0.3, 0.4) is 0 Å². The van der Waals surface area contributed by atoms with Crippen LogP contribution in [-0.2, 0) is 0 Å². The van der Waals surface area contributed by atoms with Gasteiger partial charge in [-0.25, -0.2) is 0 Å². The lowest BCUT2D eigenvalue weighted by Crippen LogP contribution is -2.36. The highest BCUT2D eigenvalue weighted by Crippen LogP contribution is 2.23. The lowest BCUT2D eigenvalue weighted by Gasteiger charge is -2.15. The van der Waals surface area contributed by atoms with E-state index in [-0.39, 0.29) is 11.9 Å². The van der Waals surface area contributed by atoms with E-state index in [2.05, 4.69) is 33.2 Å². The first-order valence-electron chi connectivity index (χ1n) is 6.02. The lowest BCUT2D eigenvalue weighted by molar-refractivity contribution is 0.0938. The monoisotopic (exact) mass is 311 g/mol. The summed E-state index contributed by atoms with van der Waals surface area (Å²) in [5.74, 6) is -0.0409. The Kier molecular flexibility index (Phi) is 3.92. The fourth-order valence-corrected chi connectivity index (χ4v) is 2.73. The van der Waals surface area contributed by atoms with Crippen LogP contribution in [0, 0.1) is 6.92 Å². The molecule has 1 aliphatic rings. The van der Waals surface area contributed by atoms with Crippen molar-refractivity contribution in [3.8, 4) is 0 Å². The Morgan fingerprint density at radius 1 is 1.56 bits per heavy atom. The fourth-order valence-electron chi connectivity index (χ4n) is 2.25. The second-order valence-electron chi connectivity index (χ2n) is 4.89. The number of nitrogens with one attached hydrogen (secondary N) is 1. The Labute approximate surface area is 116 Å². The minimum atomic E-state index is -0.0409. The molecule has 18 heavy (non-hydrogen) atoms. The summed E-state index contributed by atoms with van der Waals surface area (Å²) in [6, 6.07) is 3.87. The van der Waals surface area contributed by atoms with E-state index in [1.807, 2.05) is 19.1 Å². The van der Waals surface area contributed by atoms with Gasteiger partial charge in [-0.2, -0.15) is 0 Å². The molecule has 1 amide bonds. The maximum absolute atomic E-state index is 12.2. The molecule has 3 N–H and O–H groups in total. The molecule has 1 saturated heterocycles. The van der Waals surface area contributed by atoms with Crippen LogP contribution in [0.2, 0.25) is 0 Å². The van der Waals surface area contributed by atoms with E-state index in [1.165, 1.54) is 0 Å². The van der Waals surface area contributed by atoms with Crippen LogP contribution in [0.25, 0.3) is 0 Å². The second kappa shape index (κ2) is 5.28. The summed E-state index contributed by atoms with van der Waals surface area (Å²) in [7, 11) is 2.06. The number of likely N-dealkylation sites (N-methyl/N-ethyl adjacent to an activating group) is 1. The molecule has 1 atom stereocenters. The third-order valence-electron chi connectivity index (χ3n) is 3.38. The Bertz CT molecular complexity index is 476.